The van der Waals surface area contributed by atoms with Crippen LogP contribution in [0.3, 0.4) is 0 Å². The van der Waals surface area contributed by atoms with Gasteiger partial charge in [0.05, 0.1) is 5.69 Å². The Labute approximate surface area is 180 Å². The SMILES string of the molecule is NC(=O)C1CC(C(=O)Nc2ncc(Cc3ccccc3F)s2)=NN1c1ccc(F)cc1. The molecule has 1 aliphatic heterocycles. The Morgan fingerprint density at radius 2 is 1.90 bits per heavy atom. The van der Waals surface area contributed by atoms with Crippen LogP contribution in [0.1, 0.15) is 16.9 Å². The number of halogens is 2. The number of amides is 2. The van der Waals surface area contributed by atoms with Crippen molar-refractivity contribution in [1.82, 2.24) is 4.98 Å². The lowest BCUT2D eigenvalue weighted by Crippen LogP contribution is -2.39. The van der Waals surface area contributed by atoms with Crippen LogP contribution in [0.2, 0.25) is 0 Å². The molecular weight excluding hydrogens is 424 g/mol. The van der Waals surface area contributed by atoms with Crippen LogP contribution in [-0.4, -0.2) is 28.6 Å². The fourth-order valence-electron chi connectivity index (χ4n) is 3.15. The number of hydrazone groups is 1. The zero-order valence-corrected chi connectivity index (χ0v) is 16.9. The molecule has 0 saturated carbocycles. The number of hydrogen-bond acceptors (Lipinski definition) is 6. The van der Waals surface area contributed by atoms with E-state index < -0.39 is 23.7 Å². The van der Waals surface area contributed by atoms with E-state index in [9.17, 15) is 18.4 Å². The van der Waals surface area contributed by atoms with Crippen LogP contribution in [0.5, 0.6) is 0 Å². The number of aromatic nitrogens is 1. The molecule has 4 rings (SSSR count). The van der Waals surface area contributed by atoms with Crippen molar-refractivity contribution in [3.63, 3.8) is 0 Å². The maximum absolute atomic E-state index is 13.8. The lowest BCUT2D eigenvalue weighted by atomic mass is 10.1. The molecule has 3 N–H and O–H groups in total. The highest BCUT2D eigenvalue weighted by molar-refractivity contribution is 7.15. The Hall–Kier alpha value is -3.66. The Morgan fingerprint density at radius 3 is 2.61 bits per heavy atom. The summed E-state index contributed by atoms with van der Waals surface area (Å²) in [7, 11) is 0. The Balaban J connectivity index is 1.47. The fraction of sp³-hybridized carbons (Fsp3) is 0.143. The van der Waals surface area contributed by atoms with Crippen molar-refractivity contribution in [2.75, 3.05) is 10.3 Å². The second kappa shape index (κ2) is 8.60. The molecular formula is C21H17F2N5O2S. The van der Waals surface area contributed by atoms with Gasteiger partial charge in [-0.1, -0.05) is 18.2 Å². The first-order valence-electron chi connectivity index (χ1n) is 9.32. The normalized spacial score (nSPS) is 15.6. The fourth-order valence-corrected chi connectivity index (χ4v) is 3.98. The third kappa shape index (κ3) is 4.58. The lowest BCUT2D eigenvalue weighted by molar-refractivity contribution is -0.119. The Kier molecular flexibility index (Phi) is 5.72. The van der Waals surface area contributed by atoms with Gasteiger partial charge in [0.1, 0.15) is 23.4 Å². The maximum atomic E-state index is 13.8. The molecule has 0 fully saturated rings. The number of anilines is 2. The maximum Gasteiger partial charge on any atom is 0.273 e. The Morgan fingerprint density at radius 1 is 1.16 bits per heavy atom. The molecule has 0 spiro atoms. The number of hydrogen-bond donors (Lipinski definition) is 2. The van der Waals surface area contributed by atoms with Crippen molar-refractivity contribution < 1.29 is 18.4 Å². The van der Waals surface area contributed by atoms with E-state index >= 15 is 0 Å². The van der Waals surface area contributed by atoms with Crippen LogP contribution in [0, 0.1) is 11.6 Å². The third-order valence-corrected chi connectivity index (χ3v) is 5.60. The summed E-state index contributed by atoms with van der Waals surface area (Å²) in [5.74, 6) is -1.92. The molecule has 1 unspecified atom stereocenters. The summed E-state index contributed by atoms with van der Waals surface area (Å²) >= 11 is 1.22. The van der Waals surface area contributed by atoms with E-state index in [-0.39, 0.29) is 17.9 Å². The molecule has 2 heterocycles. The molecule has 2 amide bonds. The van der Waals surface area contributed by atoms with E-state index in [2.05, 4.69) is 15.4 Å². The first-order valence-corrected chi connectivity index (χ1v) is 10.1. The van der Waals surface area contributed by atoms with Gasteiger partial charge in [-0.05, 0) is 35.9 Å². The third-order valence-electron chi connectivity index (χ3n) is 4.69. The van der Waals surface area contributed by atoms with Gasteiger partial charge in [-0.15, -0.1) is 11.3 Å². The van der Waals surface area contributed by atoms with Crippen LogP contribution in [0.15, 0.2) is 59.8 Å². The van der Waals surface area contributed by atoms with Crippen molar-refractivity contribution in [2.45, 2.75) is 18.9 Å². The molecule has 1 aliphatic rings. The average Bonchev–Trinajstić information content (AvgIpc) is 3.38. The van der Waals surface area contributed by atoms with Crippen LogP contribution >= 0.6 is 11.3 Å². The minimum Gasteiger partial charge on any atom is -0.368 e. The van der Waals surface area contributed by atoms with Crippen LogP contribution < -0.4 is 16.1 Å². The first-order chi connectivity index (χ1) is 14.9. The van der Waals surface area contributed by atoms with Crippen molar-refractivity contribution in [2.24, 2.45) is 10.8 Å². The molecule has 0 radical (unpaired) electrons. The smallest absolute Gasteiger partial charge is 0.273 e. The monoisotopic (exact) mass is 441 g/mol. The summed E-state index contributed by atoms with van der Waals surface area (Å²) in [5.41, 5.74) is 6.53. The summed E-state index contributed by atoms with van der Waals surface area (Å²) in [5, 5.41) is 8.50. The van der Waals surface area contributed by atoms with Gasteiger partial charge < -0.3 is 5.73 Å². The summed E-state index contributed by atoms with van der Waals surface area (Å²) < 4.78 is 27.0. The van der Waals surface area contributed by atoms with E-state index in [0.717, 1.165) is 4.88 Å². The van der Waals surface area contributed by atoms with Gasteiger partial charge in [0.25, 0.3) is 5.91 Å². The highest BCUT2D eigenvalue weighted by Gasteiger charge is 2.35. The van der Waals surface area contributed by atoms with Crippen LogP contribution in [0.25, 0.3) is 0 Å². The quantitative estimate of drug-likeness (QED) is 0.614. The van der Waals surface area contributed by atoms with E-state index in [1.807, 2.05) is 0 Å². The lowest BCUT2D eigenvalue weighted by Gasteiger charge is -2.20. The van der Waals surface area contributed by atoms with Gasteiger partial charge in [0, 0.05) is 23.9 Å². The number of carbonyl (C=O) groups excluding carboxylic acids is 2. The van der Waals surface area contributed by atoms with Crippen LogP contribution in [-0.2, 0) is 16.0 Å². The minimum atomic E-state index is -0.862. The van der Waals surface area contributed by atoms with Crippen molar-refractivity contribution in [1.29, 1.82) is 0 Å². The molecule has 7 nitrogen and oxygen atoms in total. The predicted molar refractivity (Wildman–Crippen MR) is 114 cm³/mol. The van der Waals surface area contributed by atoms with Gasteiger partial charge in [-0.25, -0.2) is 13.8 Å². The van der Waals surface area contributed by atoms with Crippen molar-refractivity contribution >= 4 is 39.7 Å². The summed E-state index contributed by atoms with van der Waals surface area (Å²) in [6.45, 7) is 0. The summed E-state index contributed by atoms with van der Waals surface area (Å²) in [6.07, 6.45) is 1.93. The number of thiazole rings is 1. The number of carbonyl (C=O) groups is 2. The molecule has 1 atom stereocenters. The highest BCUT2D eigenvalue weighted by Crippen LogP contribution is 2.26. The molecule has 0 aliphatic carbocycles. The molecule has 31 heavy (non-hydrogen) atoms. The van der Waals surface area contributed by atoms with Gasteiger partial charge in [0.2, 0.25) is 5.91 Å². The predicted octanol–water partition coefficient (Wildman–Crippen LogP) is 3.07. The average molecular weight is 441 g/mol. The number of nitrogens with one attached hydrogen (secondary N) is 1. The second-order valence-corrected chi connectivity index (χ2v) is 7.96. The first kappa shape index (κ1) is 20.6. The van der Waals surface area contributed by atoms with Crippen molar-refractivity contribution in [3.8, 4) is 0 Å². The number of primary amides is 1. The highest BCUT2D eigenvalue weighted by atomic mass is 32.1. The Bertz CT molecular complexity index is 1160. The summed E-state index contributed by atoms with van der Waals surface area (Å²) in [6, 6.07) is 10.9. The molecule has 2 aromatic carbocycles. The number of nitrogens with zero attached hydrogens (tertiary/aromatic N) is 3. The van der Waals surface area contributed by atoms with Gasteiger partial charge >= 0.3 is 0 Å². The van der Waals surface area contributed by atoms with Gasteiger partial charge in [-0.2, -0.15) is 5.10 Å². The number of nitrogens with two attached hydrogens (primary N) is 1. The number of benzene rings is 2. The summed E-state index contributed by atoms with van der Waals surface area (Å²) in [4.78, 5) is 29.4. The zero-order valence-electron chi connectivity index (χ0n) is 16.1. The standard InChI is InChI=1S/C21H17F2N5O2S/c22-13-5-7-14(8-6-13)28-18(19(24)29)10-17(27-28)20(30)26-21-25-11-15(31-21)9-12-3-1-2-4-16(12)23/h1-8,11,18H,9-10H2,(H2,24,29)(H,25,26,30). The van der Waals surface area contributed by atoms with Crippen molar-refractivity contribution in [3.05, 3.63) is 76.8 Å². The molecule has 1 aromatic heterocycles. The second-order valence-electron chi connectivity index (χ2n) is 6.84. The van der Waals surface area contributed by atoms with E-state index in [4.69, 9.17) is 5.73 Å². The molecule has 158 valence electrons. The minimum absolute atomic E-state index is 0.00595. The van der Waals surface area contributed by atoms with Gasteiger partial charge in [-0.3, -0.25) is 19.9 Å². The van der Waals surface area contributed by atoms with Crippen LogP contribution in [0.4, 0.5) is 19.6 Å². The largest absolute Gasteiger partial charge is 0.368 e. The number of rotatable bonds is 6. The van der Waals surface area contributed by atoms with Gasteiger partial charge in [0.15, 0.2) is 5.13 Å². The molecule has 10 heteroatoms. The van der Waals surface area contributed by atoms with E-state index in [1.165, 1.54) is 46.7 Å². The molecule has 0 bridgehead atoms. The zero-order chi connectivity index (χ0) is 22.0. The topological polar surface area (TPSA) is 101 Å². The molecule has 0 saturated heterocycles. The van der Waals surface area contributed by atoms with E-state index in [1.54, 1.807) is 24.4 Å². The molecule has 3 aromatic rings. The van der Waals surface area contributed by atoms with E-state index in [0.29, 0.717) is 22.8 Å².